The van der Waals surface area contributed by atoms with E-state index in [0.717, 1.165) is 12.8 Å². The molecule has 0 spiro atoms. The van der Waals surface area contributed by atoms with Crippen molar-refractivity contribution in [3.05, 3.63) is 0 Å². The molecule has 0 aliphatic heterocycles. The van der Waals surface area contributed by atoms with Crippen LogP contribution in [-0.2, 0) is 0 Å². The van der Waals surface area contributed by atoms with Gasteiger partial charge < -0.3 is 0 Å². The molecule has 7 heavy (non-hydrogen) atoms. The lowest BCUT2D eigenvalue weighted by molar-refractivity contribution is 0.827. The molecule has 0 aliphatic rings. The summed E-state index contributed by atoms with van der Waals surface area (Å²) in [5.74, 6) is 2.67. The highest BCUT2D eigenvalue weighted by atomic mass is 14.4. The van der Waals surface area contributed by atoms with Gasteiger partial charge in [0.2, 0.25) is 0 Å². The average Bonchev–Trinajstić information content (AvgIpc) is 1.69. The molecule has 0 atom stereocenters. The Bertz CT molecular complexity index is 75.9. The van der Waals surface area contributed by atoms with Crippen LogP contribution in [0.3, 0.4) is 0 Å². The SMILES string of the molecule is CCCCC#C[NH]. The summed E-state index contributed by atoms with van der Waals surface area (Å²) < 4.78 is 0. The first-order chi connectivity index (χ1) is 3.41. The van der Waals surface area contributed by atoms with Gasteiger partial charge in [-0.25, -0.2) is 0 Å². The summed E-state index contributed by atoms with van der Waals surface area (Å²) in [6.45, 7) is 2.12. The predicted octanol–water partition coefficient (Wildman–Crippen LogP) is 1.42. The third kappa shape index (κ3) is 5.36. The molecule has 0 bridgehead atoms. The molecule has 0 rings (SSSR count). The van der Waals surface area contributed by atoms with E-state index in [9.17, 15) is 0 Å². The van der Waals surface area contributed by atoms with Gasteiger partial charge in [-0.05, 0) is 6.42 Å². The second-order valence-corrected chi connectivity index (χ2v) is 1.41. The summed E-state index contributed by atoms with van der Waals surface area (Å²) in [4.78, 5) is 0. The summed E-state index contributed by atoms with van der Waals surface area (Å²) in [6, 6.07) is 2.10. The maximum Gasteiger partial charge on any atom is 0.0254 e. The van der Waals surface area contributed by atoms with E-state index in [4.69, 9.17) is 5.73 Å². The molecule has 0 amide bonds. The van der Waals surface area contributed by atoms with Gasteiger partial charge in [0.25, 0.3) is 0 Å². The van der Waals surface area contributed by atoms with E-state index in [1.165, 1.54) is 6.42 Å². The van der Waals surface area contributed by atoms with Gasteiger partial charge in [0.15, 0.2) is 0 Å². The summed E-state index contributed by atoms with van der Waals surface area (Å²) >= 11 is 0. The smallest absolute Gasteiger partial charge is 0.0254 e. The highest BCUT2D eigenvalue weighted by molar-refractivity contribution is 4.92. The van der Waals surface area contributed by atoms with Crippen molar-refractivity contribution in [2.24, 2.45) is 0 Å². The van der Waals surface area contributed by atoms with Gasteiger partial charge in [-0.2, -0.15) is 0 Å². The van der Waals surface area contributed by atoms with Crippen LogP contribution in [0.2, 0.25) is 0 Å². The Morgan fingerprint density at radius 3 is 2.71 bits per heavy atom. The van der Waals surface area contributed by atoms with E-state index < -0.39 is 0 Å². The van der Waals surface area contributed by atoms with Crippen LogP contribution in [0.1, 0.15) is 26.2 Å². The van der Waals surface area contributed by atoms with Crippen molar-refractivity contribution in [3.8, 4) is 12.0 Å². The van der Waals surface area contributed by atoms with Gasteiger partial charge in [-0.15, -0.1) is 0 Å². The standard InChI is InChI=1S/C6H10N/c1-2-3-4-5-6-7/h7H,2-4H2,1H3. The lowest BCUT2D eigenvalue weighted by Gasteiger charge is -1.80. The largest absolute Gasteiger partial charge is 0.252 e. The lowest BCUT2D eigenvalue weighted by atomic mass is 10.3. The van der Waals surface area contributed by atoms with Gasteiger partial charge in [-0.3, -0.25) is 5.73 Å². The van der Waals surface area contributed by atoms with Crippen molar-refractivity contribution >= 4 is 0 Å². The third-order valence-corrected chi connectivity index (χ3v) is 0.744. The van der Waals surface area contributed by atoms with Crippen LogP contribution >= 0.6 is 0 Å². The predicted molar refractivity (Wildman–Crippen MR) is 30.4 cm³/mol. The molecule has 39 valence electrons. The summed E-state index contributed by atoms with van der Waals surface area (Å²) in [5, 5.41) is 0. The summed E-state index contributed by atoms with van der Waals surface area (Å²) in [7, 11) is 0. The van der Waals surface area contributed by atoms with Crippen LogP contribution in [0.5, 0.6) is 0 Å². The zero-order chi connectivity index (χ0) is 5.54. The van der Waals surface area contributed by atoms with E-state index in [-0.39, 0.29) is 0 Å². The van der Waals surface area contributed by atoms with Crippen molar-refractivity contribution in [1.82, 2.24) is 5.73 Å². The van der Waals surface area contributed by atoms with E-state index in [1.54, 1.807) is 0 Å². The molecule has 0 unspecified atom stereocenters. The maximum atomic E-state index is 6.42. The van der Waals surface area contributed by atoms with Crippen LogP contribution in [-0.4, -0.2) is 0 Å². The van der Waals surface area contributed by atoms with Gasteiger partial charge >= 0.3 is 0 Å². The molecule has 1 N–H and O–H groups in total. The molecule has 0 aliphatic carbocycles. The Labute approximate surface area is 44.9 Å². The fourth-order valence-corrected chi connectivity index (χ4v) is 0.328. The maximum absolute atomic E-state index is 6.42. The van der Waals surface area contributed by atoms with Crippen LogP contribution in [0.15, 0.2) is 0 Å². The Balaban J connectivity index is 2.78. The molecule has 1 nitrogen and oxygen atoms in total. The van der Waals surface area contributed by atoms with Crippen LogP contribution in [0.4, 0.5) is 0 Å². The van der Waals surface area contributed by atoms with Gasteiger partial charge in [-0.1, -0.05) is 19.3 Å². The molecule has 0 saturated heterocycles. The van der Waals surface area contributed by atoms with Gasteiger partial charge in [0.1, 0.15) is 0 Å². The van der Waals surface area contributed by atoms with Crippen molar-refractivity contribution < 1.29 is 0 Å². The molecular weight excluding hydrogens is 86.1 g/mol. The molecule has 1 heteroatoms. The number of unbranched alkanes of at least 4 members (excludes halogenated alkanes) is 2. The van der Waals surface area contributed by atoms with Crippen molar-refractivity contribution in [3.63, 3.8) is 0 Å². The second kappa shape index (κ2) is 5.36. The minimum atomic E-state index is 0.889. The number of rotatable bonds is 2. The van der Waals surface area contributed by atoms with Crippen molar-refractivity contribution in [1.29, 1.82) is 0 Å². The summed E-state index contributed by atoms with van der Waals surface area (Å²) in [6.07, 6.45) is 3.20. The molecule has 0 heterocycles. The molecule has 0 aromatic carbocycles. The van der Waals surface area contributed by atoms with Crippen LogP contribution in [0.25, 0.3) is 0 Å². The first-order valence-corrected chi connectivity index (χ1v) is 2.56. The third-order valence-electron chi connectivity index (χ3n) is 0.744. The minimum absolute atomic E-state index is 0.889. The molecule has 1 radical (unpaired) electrons. The zero-order valence-corrected chi connectivity index (χ0v) is 4.62. The first-order valence-electron chi connectivity index (χ1n) is 2.56. The second-order valence-electron chi connectivity index (χ2n) is 1.41. The fourth-order valence-electron chi connectivity index (χ4n) is 0.328. The van der Waals surface area contributed by atoms with Gasteiger partial charge in [0.05, 0.1) is 0 Å². The molecule has 0 aromatic rings. The van der Waals surface area contributed by atoms with Crippen molar-refractivity contribution in [2.45, 2.75) is 26.2 Å². The molecule has 0 saturated carbocycles. The Morgan fingerprint density at radius 2 is 2.29 bits per heavy atom. The minimum Gasteiger partial charge on any atom is -0.252 e. The Morgan fingerprint density at radius 1 is 1.57 bits per heavy atom. The number of hydrogen-bond donors (Lipinski definition) is 0. The average molecular weight is 96.2 g/mol. The van der Waals surface area contributed by atoms with Gasteiger partial charge in [0, 0.05) is 12.5 Å². The topological polar surface area (TPSA) is 23.8 Å². The molecular formula is C6H10N. The first kappa shape index (κ1) is 6.36. The molecule has 0 fully saturated rings. The van der Waals surface area contributed by atoms with E-state index in [2.05, 4.69) is 18.9 Å². The van der Waals surface area contributed by atoms with E-state index >= 15 is 0 Å². The van der Waals surface area contributed by atoms with Crippen molar-refractivity contribution in [2.75, 3.05) is 0 Å². The zero-order valence-electron chi connectivity index (χ0n) is 4.62. The monoisotopic (exact) mass is 96.1 g/mol. The fraction of sp³-hybridized carbons (Fsp3) is 0.667. The lowest BCUT2D eigenvalue weighted by Crippen LogP contribution is -1.66. The highest BCUT2D eigenvalue weighted by Crippen LogP contribution is 1.89. The Hall–Kier alpha value is -0.640. The summed E-state index contributed by atoms with van der Waals surface area (Å²) in [5.41, 5.74) is 6.42. The normalized spacial score (nSPS) is 7.00. The Kier molecular flexibility index (Phi) is 4.87. The quantitative estimate of drug-likeness (QED) is 0.367. The number of hydrogen-bond acceptors (Lipinski definition) is 0. The van der Waals surface area contributed by atoms with Crippen LogP contribution in [0, 0.1) is 12.0 Å². The van der Waals surface area contributed by atoms with Crippen LogP contribution < -0.4 is 5.73 Å². The van der Waals surface area contributed by atoms with E-state index in [0.29, 0.717) is 0 Å². The molecule has 0 aromatic heterocycles. The number of nitrogens with one attached hydrogen (secondary N) is 1. The highest BCUT2D eigenvalue weighted by Gasteiger charge is 1.73. The van der Waals surface area contributed by atoms with E-state index in [1.807, 2.05) is 0 Å².